The number of pyridine rings is 1. The second-order valence-electron chi connectivity index (χ2n) is 23.5. The first-order chi connectivity index (χ1) is 33.0. The number of imidazole rings is 1. The number of aryl methyl sites for hydroxylation is 2. The number of nitrogens with zero attached hydrogens (tertiary/aromatic N) is 3. The van der Waals surface area contributed by atoms with Crippen LogP contribution in [0.1, 0.15) is 116 Å². The van der Waals surface area contributed by atoms with Crippen molar-refractivity contribution in [3.8, 4) is 78.6 Å². The first-order valence-corrected chi connectivity index (χ1v) is 24.9. The van der Waals surface area contributed by atoms with Crippen molar-refractivity contribution in [3.05, 3.63) is 191 Å². The van der Waals surface area contributed by atoms with Crippen molar-refractivity contribution in [2.75, 3.05) is 0 Å². The Labute approximate surface area is 417 Å². The molecule has 0 aliphatic rings. The topological polar surface area (TPSA) is 50.9 Å². The largest absolute Gasteiger partial charge is 0.507 e. The van der Waals surface area contributed by atoms with Gasteiger partial charge in [0.25, 0.3) is 0 Å². The molecule has 0 saturated carbocycles. The molecule has 0 aliphatic carbocycles. The molecule has 4 heteroatoms. The van der Waals surface area contributed by atoms with Gasteiger partial charge in [0.05, 0.1) is 28.0 Å². The van der Waals surface area contributed by atoms with E-state index in [1.165, 1.54) is 33.4 Å². The molecule has 0 fully saturated rings. The second-order valence-corrected chi connectivity index (χ2v) is 23.5. The summed E-state index contributed by atoms with van der Waals surface area (Å²) in [5.41, 5.74) is 20.8. The van der Waals surface area contributed by atoms with Crippen LogP contribution in [0.15, 0.2) is 158 Å². The number of para-hydroxylation sites is 1. The molecule has 9 rings (SSSR count). The summed E-state index contributed by atoms with van der Waals surface area (Å²) in [7, 11) is 0. The van der Waals surface area contributed by atoms with Crippen LogP contribution in [0.2, 0.25) is 0 Å². The average Bonchev–Trinajstić information content (AvgIpc) is 3.70. The fourth-order valence-corrected chi connectivity index (χ4v) is 9.84. The normalized spacial score (nSPS) is 12.5. The van der Waals surface area contributed by atoms with Crippen LogP contribution < -0.4 is 0 Å². The zero-order chi connectivity index (χ0) is 50.1. The van der Waals surface area contributed by atoms with E-state index in [2.05, 4.69) is 253 Å². The van der Waals surface area contributed by atoms with Crippen LogP contribution in [0.25, 0.3) is 83.9 Å². The summed E-state index contributed by atoms with van der Waals surface area (Å²) >= 11 is 0. The monoisotopic (exact) mass is 920 g/mol. The molecule has 0 radical (unpaired) electrons. The standard InChI is InChI=1S/C66H69N3O/c1-41-20-18-21-42(2)59(41)45-28-26-43(27-29-45)46-32-33-67-56(37-46)48-34-47(35-50(36-48)64(6,7)8)52-24-19-25-58-60(52)68-62(54-39-51(65(9,10)11)40-55(61(54)70)66(12,13)14)69(58)57-31-30-49(63(3,4)5)38-53(57)44-22-16-15-17-23-44/h15-40,70H,1-14H3. The predicted molar refractivity (Wildman–Crippen MR) is 297 cm³/mol. The number of fused-ring (bicyclic) bond motifs is 1. The summed E-state index contributed by atoms with van der Waals surface area (Å²) in [6.07, 6.45) is 1.93. The highest BCUT2D eigenvalue weighted by atomic mass is 16.3. The van der Waals surface area contributed by atoms with Crippen molar-refractivity contribution >= 4 is 11.0 Å². The van der Waals surface area contributed by atoms with Gasteiger partial charge in [0.15, 0.2) is 0 Å². The van der Waals surface area contributed by atoms with Gasteiger partial charge in [-0.15, -0.1) is 0 Å². The van der Waals surface area contributed by atoms with Gasteiger partial charge >= 0.3 is 0 Å². The fraction of sp³-hybridized carbons (Fsp3) is 0.273. The molecule has 0 atom stereocenters. The van der Waals surface area contributed by atoms with E-state index in [4.69, 9.17) is 9.97 Å². The van der Waals surface area contributed by atoms with Crippen LogP contribution in [0, 0.1) is 13.8 Å². The Morgan fingerprint density at radius 1 is 0.429 bits per heavy atom. The van der Waals surface area contributed by atoms with Crippen LogP contribution >= 0.6 is 0 Å². The molecule has 1 N–H and O–H groups in total. The number of rotatable bonds is 7. The Hall–Kier alpha value is -7.04. The lowest BCUT2D eigenvalue weighted by atomic mass is 9.79. The van der Waals surface area contributed by atoms with E-state index in [-0.39, 0.29) is 27.4 Å². The molecular formula is C66H69N3O. The second kappa shape index (κ2) is 17.7. The molecule has 2 aromatic heterocycles. The van der Waals surface area contributed by atoms with Gasteiger partial charge in [-0.2, -0.15) is 0 Å². The van der Waals surface area contributed by atoms with Crippen molar-refractivity contribution in [2.24, 2.45) is 0 Å². The molecule has 2 heterocycles. The molecule has 0 amide bonds. The summed E-state index contributed by atoms with van der Waals surface area (Å²) in [6.45, 7) is 31.2. The Balaban J connectivity index is 1.29. The molecule has 0 aliphatic heterocycles. The third-order valence-corrected chi connectivity index (χ3v) is 14.1. The van der Waals surface area contributed by atoms with Gasteiger partial charge in [-0.3, -0.25) is 9.55 Å². The Bertz CT molecular complexity index is 3400. The SMILES string of the molecule is Cc1cccc(C)c1-c1ccc(-c2ccnc(-c3cc(-c4cccc5c4nc(-c4cc(C(C)(C)C)cc(C(C)(C)C)c4O)n5-c4ccc(C(C)(C)C)cc4-c4ccccc4)cc(C(C)(C)C)c3)c2)cc1. The number of aromatic nitrogens is 3. The van der Waals surface area contributed by atoms with E-state index in [0.29, 0.717) is 11.4 Å². The molecule has 7 aromatic carbocycles. The third kappa shape index (κ3) is 9.25. The van der Waals surface area contributed by atoms with Crippen LogP contribution in [-0.4, -0.2) is 19.6 Å². The van der Waals surface area contributed by atoms with Crippen molar-refractivity contribution in [3.63, 3.8) is 0 Å². The first-order valence-electron chi connectivity index (χ1n) is 24.9. The van der Waals surface area contributed by atoms with E-state index in [1.54, 1.807) is 0 Å². The van der Waals surface area contributed by atoms with Gasteiger partial charge < -0.3 is 5.11 Å². The van der Waals surface area contributed by atoms with Crippen molar-refractivity contribution in [1.82, 2.24) is 14.5 Å². The maximum absolute atomic E-state index is 12.6. The van der Waals surface area contributed by atoms with Crippen LogP contribution in [-0.2, 0) is 21.7 Å². The van der Waals surface area contributed by atoms with E-state index >= 15 is 0 Å². The zero-order valence-corrected chi connectivity index (χ0v) is 43.8. The van der Waals surface area contributed by atoms with Crippen LogP contribution in [0.4, 0.5) is 0 Å². The summed E-state index contributed by atoms with van der Waals surface area (Å²) < 4.78 is 2.30. The number of hydrogen-bond acceptors (Lipinski definition) is 3. The minimum atomic E-state index is -0.329. The van der Waals surface area contributed by atoms with Crippen molar-refractivity contribution in [1.29, 1.82) is 0 Å². The van der Waals surface area contributed by atoms with Crippen LogP contribution in [0.5, 0.6) is 5.75 Å². The minimum Gasteiger partial charge on any atom is -0.507 e. The van der Waals surface area contributed by atoms with Gasteiger partial charge in [-0.25, -0.2) is 4.98 Å². The van der Waals surface area contributed by atoms with Gasteiger partial charge in [0.1, 0.15) is 11.6 Å². The number of phenolic OH excluding ortho intramolecular Hbond substituents is 1. The number of phenols is 1. The van der Waals surface area contributed by atoms with Crippen molar-refractivity contribution < 1.29 is 5.11 Å². The zero-order valence-electron chi connectivity index (χ0n) is 43.8. The summed E-state index contributed by atoms with van der Waals surface area (Å²) in [5.74, 6) is 0.955. The summed E-state index contributed by atoms with van der Waals surface area (Å²) in [4.78, 5) is 10.7. The van der Waals surface area contributed by atoms with E-state index in [9.17, 15) is 5.11 Å². The maximum atomic E-state index is 12.6. The highest BCUT2D eigenvalue weighted by molar-refractivity contribution is 5.98. The van der Waals surface area contributed by atoms with Crippen LogP contribution in [0.3, 0.4) is 0 Å². The van der Waals surface area contributed by atoms with Gasteiger partial charge in [-0.1, -0.05) is 186 Å². The average molecular weight is 920 g/mol. The van der Waals surface area contributed by atoms with Gasteiger partial charge in [0, 0.05) is 28.5 Å². The molecule has 0 saturated heterocycles. The number of benzene rings is 7. The summed E-state index contributed by atoms with van der Waals surface area (Å²) in [5, 5.41) is 12.6. The summed E-state index contributed by atoms with van der Waals surface area (Å²) in [6, 6.07) is 55.1. The lowest BCUT2D eigenvalue weighted by Gasteiger charge is -2.28. The molecule has 70 heavy (non-hydrogen) atoms. The van der Waals surface area contributed by atoms with E-state index in [0.717, 1.165) is 72.5 Å². The Morgan fingerprint density at radius 3 is 1.67 bits per heavy atom. The molecule has 0 spiro atoms. The number of hydrogen-bond donors (Lipinski definition) is 1. The molecule has 0 bridgehead atoms. The van der Waals surface area contributed by atoms with Gasteiger partial charge in [0.2, 0.25) is 0 Å². The lowest BCUT2D eigenvalue weighted by molar-refractivity contribution is 0.446. The number of aromatic hydroxyl groups is 1. The quantitative estimate of drug-likeness (QED) is 0.173. The highest BCUT2D eigenvalue weighted by Gasteiger charge is 2.30. The smallest absolute Gasteiger partial charge is 0.149 e. The molecule has 9 aromatic rings. The highest BCUT2D eigenvalue weighted by Crippen LogP contribution is 2.46. The molecule has 0 unspecified atom stereocenters. The Morgan fingerprint density at radius 2 is 1.03 bits per heavy atom. The fourth-order valence-electron chi connectivity index (χ4n) is 9.84. The maximum Gasteiger partial charge on any atom is 0.149 e. The van der Waals surface area contributed by atoms with Gasteiger partial charge in [-0.05, 0) is 145 Å². The molecule has 354 valence electrons. The van der Waals surface area contributed by atoms with Crippen molar-refractivity contribution in [2.45, 2.75) is 119 Å². The molecular weight excluding hydrogens is 851 g/mol. The van der Waals surface area contributed by atoms with E-state index < -0.39 is 0 Å². The predicted octanol–water partition coefficient (Wildman–Crippen LogP) is 17.9. The van der Waals surface area contributed by atoms with E-state index in [1.807, 2.05) is 6.20 Å². The lowest BCUT2D eigenvalue weighted by Crippen LogP contribution is -2.17. The molecule has 4 nitrogen and oxygen atoms in total. The Kier molecular flexibility index (Phi) is 12.2. The minimum absolute atomic E-state index is 0.0778. The third-order valence-electron chi connectivity index (χ3n) is 14.1. The first kappa shape index (κ1) is 48.0.